The van der Waals surface area contributed by atoms with Gasteiger partial charge in [-0.25, -0.2) is 9.50 Å². The van der Waals surface area contributed by atoms with Crippen LogP contribution in [0.2, 0.25) is 5.02 Å². The summed E-state index contributed by atoms with van der Waals surface area (Å²) in [5.41, 5.74) is 0.762. The molecular formula is C14H8BrClF3N3. The van der Waals surface area contributed by atoms with Gasteiger partial charge in [0, 0.05) is 16.3 Å². The molecule has 8 heteroatoms. The van der Waals surface area contributed by atoms with E-state index in [0.717, 1.165) is 11.6 Å². The molecule has 0 aliphatic rings. The minimum Gasteiger partial charge on any atom is -0.223 e. The Morgan fingerprint density at radius 3 is 2.41 bits per heavy atom. The Balaban J connectivity index is 2.25. The number of halogens is 5. The Hall–Kier alpha value is -1.60. The van der Waals surface area contributed by atoms with E-state index in [1.807, 2.05) is 0 Å². The summed E-state index contributed by atoms with van der Waals surface area (Å²) in [6.45, 7) is 1.55. The highest BCUT2D eigenvalue weighted by molar-refractivity contribution is 9.10. The maximum absolute atomic E-state index is 12.9. The Bertz CT molecular complexity index is 856. The van der Waals surface area contributed by atoms with Gasteiger partial charge in [0.1, 0.15) is 11.4 Å². The van der Waals surface area contributed by atoms with Gasteiger partial charge in [0.05, 0.1) is 4.47 Å². The molecule has 0 bridgehead atoms. The van der Waals surface area contributed by atoms with Crippen LogP contribution in [0.15, 0.2) is 34.8 Å². The van der Waals surface area contributed by atoms with E-state index in [0.29, 0.717) is 20.9 Å². The number of rotatable bonds is 1. The summed E-state index contributed by atoms with van der Waals surface area (Å²) in [5.74, 6) is 0. The molecule has 3 aromatic rings. The van der Waals surface area contributed by atoms with Crippen LogP contribution in [0, 0.1) is 6.92 Å². The van der Waals surface area contributed by atoms with E-state index < -0.39 is 11.9 Å². The fourth-order valence-corrected chi connectivity index (χ4v) is 2.77. The van der Waals surface area contributed by atoms with Crippen LogP contribution in [0.1, 0.15) is 11.4 Å². The van der Waals surface area contributed by atoms with Crippen molar-refractivity contribution < 1.29 is 13.2 Å². The molecule has 0 amide bonds. The maximum atomic E-state index is 12.9. The molecule has 0 spiro atoms. The molecule has 3 rings (SSSR count). The van der Waals surface area contributed by atoms with Gasteiger partial charge < -0.3 is 0 Å². The van der Waals surface area contributed by atoms with E-state index in [9.17, 15) is 13.2 Å². The molecule has 2 heterocycles. The van der Waals surface area contributed by atoms with Crippen molar-refractivity contribution in [3.05, 3.63) is 51.2 Å². The topological polar surface area (TPSA) is 30.2 Å². The standard InChI is InChI=1S/C14H8BrClF3N3/c1-7-6-10(14(17,18)19)20-13-11(15)12(21-22(7)13)8-2-4-9(16)5-3-8/h2-6H,1H3. The summed E-state index contributed by atoms with van der Waals surface area (Å²) in [6.07, 6.45) is -4.50. The Labute approximate surface area is 136 Å². The number of alkyl halides is 3. The molecule has 0 fully saturated rings. The molecule has 1 aromatic carbocycles. The van der Waals surface area contributed by atoms with Gasteiger partial charge in [-0.15, -0.1) is 0 Å². The number of hydrogen-bond acceptors (Lipinski definition) is 2. The molecule has 2 aromatic heterocycles. The maximum Gasteiger partial charge on any atom is 0.433 e. The van der Waals surface area contributed by atoms with Crippen molar-refractivity contribution >= 4 is 33.2 Å². The highest BCUT2D eigenvalue weighted by Gasteiger charge is 2.34. The zero-order valence-corrected chi connectivity index (χ0v) is 13.5. The lowest BCUT2D eigenvalue weighted by Gasteiger charge is -2.07. The lowest BCUT2D eigenvalue weighted by Crippen LogP contribution is -2.10. The molecule has 114 valence electrons. The van der Waals surface area contributed by atoms with Gasteiger partial charge in [0.25, 0.3) is 0 Å². The monoisotopic (exact) mass is 389 g/mol. The van der Waals surface area contributed by atoms with Gasteiger partial charge in [-0.3, -0.25) is 0 Å². The zero-order chi connectivity index (χ0) is 16.1. The Kier molecular flexibility index (Phi) is 3.65. The lowest BCUT2D eigenvalue weighted by atomic mass is 10.1. The van der Waals surface area contributed by atoms with Crippen LogP contribution in [0.25, 0.3) is 16.9 Å². The van der Waals surface area contributed by atoms with E-state index >= 15 is 0 Å². The summed E-state index contributed by atoms with van der Waals surface area (Å²) >= 11 is 9.14. The predicted molar refractivity (Wildman–Crippen MR) is 80.9 cm³/mol. The van der Waals surface area contributed by atoms with Crippen LogP contribution in [0.4, 0.5) is 13.2 Å². The van der Waals surface area contributed by atoms with Crippen molar-refractivity contribution in [2.24, 2.45) is 0 Å². The summed E-state index contributed by atoms with van der Waals surface area (Å²) in [4.78, 5) is 3.67. The minimum atomic E-state index is -4.50. The van der Waals surface area contributed by atoms with E-state index in [4.69, 9.17) is 11.6 Å². The summed E-state index contributed by atoms with van der Waals surface area (Å²) in [7, 11) is 0. The van der Waals surface area contributed by atoms with Crippen molar-refractivity contribution in [2.75, 3.05) is 0 Å². The second-order valence-electron chi connectivity index (χ2n) is 4.69. The van der Waals surface area contributed by atoms with E-state index in [-0.39, 0.29) is 5.65 Å². The number of aromatic nitrogens is 3. The third kappa shape index (κ3) is 2.59. The summed E-state index contributed by atoms with van der Waals surface area (Å²) < 4.78 is 40.4. The molecule has 0 saturated carbocycles. The quantitative estimate of drug-likeness (QED) is 0.576. The molecule has 0 unspecified atom stereocenters. The Morgan fingerprint density at radius 2 is 1.82 bits per heavy atom. The zero-order valence-electron chi connectivity index (χ0n) is 11.1. The number of aryl methyl sites for hydroxylation is 1. The summed E-state index contributed by atoms with van der Waals surface area (Å²) in [6, 6.07) is 7.84. The Morgan fingerprint density at radius 1 is 1.18 bits per heavy atom. The van der Waals surface area contributed by atoms with Gasteiger partial charge in [-0.1, -0.05) is 23.7 Å². The van der Waals surface area contributed by atoms with E-state index in [1.54, 1.807) is 31.2 Å². The molecular weight excluding hydrogens is 383 g/mol. The van der Waals surface area contributed by atoms with Crippen LogP contribution in [0.5, 0.6) is 0 Å². The molecule has 0 aliphatic heterocycles. The van der Waals surface area contributed by atoms with Crippen molar-refractivity contribution in [3.63, 3.8) is 0 Å². The average molecular weight is 391 g/mol. The molecule has 22 heavy (non-hydrogen) atoms. The number of nitrogens with zero attached hydrogens (tertiary/aromatic N) is 3. The third-order valence-corrected chi connectivity index (χ3v) is 4.10. The SMILES string of the molecule is Cc1cc(C(F)(F)F)nc2c(Br)c(-c3ccc(Cl)cc3)nn12. The van der Waals surface area contributed by atoms with Crippen molar-refractivity contribution in [3.8, 4) is 11.3 Å². The fourth-order valence-electron chi connectivity index (χ4n) is 2.08. The largest absolute Gasteiger partial charge is 0.433 e. The highest BCUT2D eigenvalue weighted by atomic mass is 79.9. The fraction of sp³-hybridized carbons (Fsp3) is 0.143. The van der Waals surface area contributed by atoms with E-state index in [1.165, 1.54) is 4.52 Å². The highest BCUT2D eigenvalue weighted by Crippen LogP contribution is 2.34. The number of fused-ring (bicyclic) bond motifs is 1. The number of benzene rings is 1. The molecule has 0 atom stereocenters. The first kappa shape index (κ1) is 15.3. The van der Waals surface area contributed by atoms with Crippen LogP contribution in [-0.2, 0) is 6.18 Å². The van der Waals surface area contributed by atoms with Gasteiger partial charge in [-0.2, -0.15) is 18.3 Å². The predicted octanol–water partition coefficient (Wildman–Crippen LogP) is 5.14. The second-order valence-corrected chi connectivity index (χ2v) is 5.91. The van der Waals surface area contributed by atoms with Crippen molar-refractivity contribution in [1.29, 1.82) is 0 Å². The first-order valence-corrected chi connectivity index (χ1v) is 7.33. The third-order valence-electron chi connectivity index (χ3n) is 3.12. The summed E-state index contributed by atoms with van der Waals surface area (Å²) in [5, 5.41) is 4.90. The average Bonchev–Trinajstić information content (AvgIpc) is 2.77. The van der Waals surface area contributed by atoms with Gasteiger partial charge >= 0.3 is 6.18 Å². The minimum absolute atomic E-state index is 0.122. The van der Waals surface area contributed by atoms with Crippen LogP contribution >= 0.6 is 27.5 Å². The lowest BCUT2D eigenvalue weighted by molar-refractivity contribution is -0.141. The first-order valence-electron chi connectivity index (χ1n) is 6.16. The van der Waals surface area contributed by atoms with Crippen LogP contribution in [0.3, 0.4) is 0 Å². The van der Waals surface area contributed by atoms with Crippen LogP contribution in [-0.4, -0.2) is 14.6 Å². The smallest absolute Gasteiger partial charge is 0.223 e. The second kappa shape index (κ2) is 5.24. The molecule has 0 radical (unpaired) electrons. The van der Waals surface area contributed by atoms with Crippen LogP contribution < -0.4 is 0 Å². The van der Waals surface area contributed by atoms with E-state index in [2.05, 4.69) is 26.0 Å². The molecule has 0 saturated heterocycles. The molecule has 0 aliphatic carbocycles. The normalized spacial score (nSPS) is 12.1. The van der Waals surface area contributed by atoms with Gasteiger partial charge in [0.15, 0.2) is 5.65 Å². The molecule has 0 N–H and O–H groups in total. The number of hydrogen-bond donors (Lipinski definition) is 0. The molecule has 3 nitrogen and oxygen atoms in total. The van der Waals surface area contributed by atoms with Crippen molar-refractivity contribution in [1.82, 2.24) is 14.6 Å². The van der Waals surface area contributed by atoms with Gasteiger partial charge in [0.2, 0.25) is 0 Å². The van der Waals surface area contributed by atoms with Crippen molar-refractivity contribution in [2.45, 2.75) is 13.1 Å². The van der Waals surface area contributed by atoms with Gasteiger partial charge in [-0.05, 0) is 41.1 Å². The first-order chi connectivity index (χ1) is 10.3.